The van der Waals surface area contributed by atoms with Crippen molar-refractivity contribution < 1.29 is 0 Å². The second-order valence-electron chi connectivity index (χ2n) is 20.8. The van der Waals surface area contributed by atoms with Gasteiger partial charge in [0.15, 0.2) is 0 Å². The van der Waals surface area contributed by atoms with Gasteiger partial charge in [-0.1, -0.05) is 218 Å². The second-order valence-corrected chi connectivity index (χ2v) is 20.8. The molecule has 2 heterocycles. The van der Waals surface area contributed by atoms with Crippen LogP contribution in [0.15, 0.2) is 243 Å². The van der Waals surface area contributed by atoms with E-state index in [0.29, 0.717) is 0 Å². The third-order valence-electron chi connectivity index (χ3n) is 16.9. The van der Waals surface area contributed by atoms with Crippen LogP contribution >= 0.6 is 0 Å². The molecule has 15 aromatic rings. The van der Waals surface area contributed by atoms with Crippen molar-refractivity contribution in [2.75, 3.05) is 0 Å². The number of rotatable bonds is 6. The van der Waals surface area contributed by atoms with Gasteiger partial charge in [0, 0.05) is 43.7 Å². The van der Waals surface area contributed by atoms with Gasteiger partial charge in [0.25, 0.3) is 0 Å². The molecular weight excluding hydrogens is 917 g/mol. The minimum Gasteiger partial charge on any atom is -0.312 e. The summed E-state index contributed by atoms with van der Waals surface area (Å²) in [5.41, 5.74) is 19.8. The molecule has 13 aromatic carbocycles. The highest BCUT2D eigenvalue weighted by molar-refractivity contribution is 6.27. The van der Waals surface area contributed by atoms with E-state index in [4.69, 9.17) is 0 Å². The van der Waals surface area contributed by atoms with Gasteiger partial charge in [0.05, 0.1) is 22.4 Å². The fraction of sp³-hybridized carbons (Fsp3) is 0.0541. The van der Waals surface area contributed by atoms with Crippen molar-refractivity contribution in [2.24, 2.45) is 0 Å². The molecule has 0 fully saturated rings. The molecule has 76 heavy (non-hydrogen) atoms. The fourth-order valence-electron chi connectivity index (χ4n) is 13.3. The molecule has 15 rings (SSSR count). The molecule has 0 amide bonds. The standard InChI is InChI=1S/C74H52N2/c1-45-47(3)75(73-57-37-21-17-33-53(57)69(49-25-9-5-10-26-49)54-34-18-22-38-58(54)73)67-43-65-63(41-61(45)67)71(51-29-13-7-14-30-51)66-44-68-62(42-64(66)72(65)52-31-15-8-16-32-52)46(2)48(4)76(68)74-59-39-23-19-35-55(59)70(50-27-11-6-12-28-50)56-36-20-24-40-60(56)74/h5-44H,1-4H3. The Morgan fingerprint density at radius 2 is 0.434 bits per heavy atom. The molecule has 0 saturated heterocycles. The van der Waals surface area contributed by atoms with Crippen LogP contribution in [0.1, 0.15) is 22.5 Å². The Morgan fingerprint density at radius 1 is 0.211 bits per heavy atom. The Hall–Kier alpha value is -9.50. The van der Waals surface area contributed by atoms with Crippen LogP contribution in [-0.2, 0) is 0 Å². The maximum Gasteiger partial charge on any atom is 0.0615 e. The molecule has 358 valence electrons. The summed E-state index contributed by atoms with van der Waals surface area (Å²) in [5.74, 6) is 0. The van der Waals surface area contributed by atoms with Crippen LogP contribution in [0.5, 0.6) is 0 Å². The topological polar surface area (TPSA) is 9.86 Å². The number of fused-ring (bicyclic) bond motifs is 8. The summed E-state index contributed by atoms with van der Waals surface area (Å²) in [5, 5.41) is 17.4. The molecule has 0 bridgehead atoms. The lowest BCUT2D eigenvalue weighted by molar-refractivity contribution is 1.06. The van der Waals surface area contributed by atoms with Crippen molar-refractivity contribution in [1.82, 2.24) is 9.13 Å². The molecule has 0 spiro atoms. The van der Waals surface area contributed by atoms with E-state index in [-0.39, 0.29) is 0 Å². The van der Waals surface area contributed by atoms with Crippen LogP contribution in [0.4, 0.5) is 0 Å². The van der Waals surface area contributed by atoms with E-state index < -0.39 is 0 Å². The zero-order valence-corrected chi connectivity index (χ0v) is 43.0. The molecule has 0 unspecified atom stereocenters. The van der Waals surface area contributed by atoms with Crippen molar-refractivity contribution in [1.29, 1.82) is 0 Å². The number of benzene rings is 13. The maximum atomic E-state index is 2.58. The van der Waals surface area contributed by atoms with Crippen LogP contribution in [0.25, 0.3) is 142 Å². The highest BCUT2D eigenvalue weighted by atomic mass is 15.0. The molecule has 0 aliphatic heterocycles. The first-order valence-corrected chi connectivity index (χ1v) is 26.6. The van der Waals surface area contributed by atoms with Crippen molar-refractivity contribution in [3.8, 4) is 55.9 Å². The smallest absolute Gasteiger partial charge is 0.0615 e. The second kappa shape index (κ2) is 17.0. The van der Waals surface area contributed by atoms with E-state index in [9.17, 15) is 0 Å². The molecule has 0 atom stereocenters. The van der Waals surface area contributed by atoms with Crippen molar-refractivity contribution in [2.45, 2.75) is 27.7 Å². The first-order valence-electron chi connectivity index (χ1n) is 26.6. The van der Waals surface area contributed by atoms with Gasteiger partial charge < -0.3 is 9.13 Å². The molecule has 0 radical (unpaired) electrons. The largest absolute Gasteiger partial charge is 0.312 e. The summed E-state index contributed by atoms with van der Waals surface area (Å²) in [7, 11) is 0. The first-order chi connectivity index (χ1) is 37.4. The molecule has 0 N–H and O–H groups in total. The molecule has 0 aliphatic carbocycles. The van der Waals surface area contributed by atoms with Crippen LogP contribution in [0, 0.1) is 27.7 Å². The molecule has 2 aromatic heterocycles. The van der Waals surface area contributed by atoms with Gasteiger partial charge in [0.1, 0.15) is 0 Å². The summed E-state index contributed by atoms with van der Waals surface area (Å²) in [6.45, 7) is 9.28. The van der Waals surface area contributed by atoms with Gasteiger partial charge in [-0.15, -0.1) is 0 Å². The summed E-state index contributed by atoms with van der Waals surface area (Å²) in [4.78, 5) is 0. The summed E-state index contributed by atoms with van der Waals surface area (Å²) in [6.07, 6.45) is 0. The Kier molecular flexibility index (Phi) is 9.86. The van der Waals surface area contributed by atoms with E-state index in [1.807, 2.05) is 0 Å². The van der Waals surface area contributed by atoms with Gasteiger partial charge in [-0.25, -0.2) is 0 Å². The number of aromatic nitrogens is 2. The molecule has 0 saturated carbocycles. The van der Waals surface area contributed by atoms with Gasteiger partial charge in [-0.2, -0.15) is 0 Å². The Balaban J connectivity index is 1.09. The van der Waals surface area contributed by atoms with Gasteiger partial charge in [-0.05, 0) is 151 Å². The maximum absolute atomic E-state index is 2.58. The van der Waals surface area contributed by atoms with Crippen LogP contribution in [0.3, 0.4) is 0 Å². The quantitative estimate of drug-likeness (QED) is 0.147. The predicted octanol–water partition coefficient (Wildman–Crippen LogP) is 20.4. The molecular formula is C74H52N2. The summed E-state index contributed by atoms with van der Waals surface area (Å²) < 4.78 is 5.17. The monoisotopic (exact) mass is 968 g/mol. The minimum atomic E-state index is 1.20. The Bertz CT molecular complexity index is 4440. The number of aryl methyl sites for hydroxylation is 2. The number of hydrogen-bond donors (Lipinski definition) is 0. The highest BCUT2D eigenvalue weighted by Gasteiger charge is 2.27. The van der Waals surface area contributed by atoms with E-state index in [2.05, 4.69) is 279 Å². The molecule has 2 heteroatoms. The fourth-order valence-corrected chi connectivity index (χ4v) is 13.3. The summed E-state index contributed by atoms with van der Waals surface area (Å²) >= 11 is 0. The lowest BCUT2D eigenvalue weighted by Gasteiger charge is -2.22. The zero-order chi connectivity index (χ0) is 50.8. The van der Waals surface area contributed by atoms with Crippen LogP contribution < -0.4 is 0 Å². The molecule has 2 nitrogen and oxygen atoms in total. The molecule has 0 aliphatic rings. The van der Waals surface area contributed by atoms with E-state index >= 15 is 0 Å². The number of hydrogen-bond acceptors (Lipinski definition) is 0. The van der Waals surface area contributed by atoms with Gasteiger partial charge in [0.2, 0.25) is 0 Å². The average molecular weight is 969 g/mol. The lowest BCUT2D eigenvalue weighted by Crippen LogP contribution is -2.01. The lowest BCUT2D eigenvalue weighted by atomic mass is 9.84. The predicted molar refractivity (Wildman–Crippen MR) is 326 cm³/mol. The SMILES string of the molecule is Cc1c(C)n(-c2c3ccccc3c(-c3ccccc3)c3ccccc23)c2cc3c(-c4ccccc4)c4cc5c(C)c(C)n(-c6c7ccccc7c(-c7ccccc7)c7ccccc67)c5cc4c(-c4ccccc4)c3cc12. The van der Waals surface area contributed by atoms with Crippen molar-refractivity contribution in [3.63, 3.8) is 0 Å². The van der Waals surface area contributed by atoms with Gasteiger partial charge in [-0.3, -0.25) is 0 Å². The highest BCUT2D eigenvalue weighted by Crippen LogP contribution is 2.51. The van der Waals surface area contributed by atoms with E-state index in [1.165, 1.54) is 165 Å². The van der Waals surface area contributed by atoms with E-state index in [0.717, 1.165) is 0 Å². The van der Waals surface area contributed by atoms with Crippen LogP contribution in [0.2, 0.25) is 0 Å². The first kappa shape index (κ1) is 44.0. The Morgan fingerprint density at radius 3 is 0.711 bits per heavy atom. The van der Waals surface area contributed by atoms with Crippen molar-refractivity contribution in [3.05, 3.63) is 265 Å². The third-order valence-corrected chi connectivity index (χ3v) is 16.9. The third kappa shape index (κ3) is 6.34. The zero-order valence-electron chi connectivity index (χ0n) is 43.0. The number of nitrogens with zero attached hydrogens (tertiary/aromatic N) is 2. The van der Waals surface area contributed by atoms with E-state index in [1.54, 1.807) is 0 Å². The minimum absolute atomic E-state index is 1.20. The van der Waals surface area contributed by atoms with Gasteiger partial charge >= 0.3 is 0 Å². The van der Waals surface area contributed by atoms with Crippen molar-refractivity contribution >= 4 is 86.4 Å². The average Bonchev–Trinajstić information content (AvgIpc) is 4.02. The Labute approximate surface area is 442 Å². The normalized spacial score (nSPS) is 11.9. The summed E-state index contributed by atoms with van der Waals surface area (Å²) in [6, 6.07) is 90.3. The van der Waals surface area contributed by atoms with Crippen LogP contribution in [-0.4, -0.2) is 9.13 Å².